The van der Waals surface area contributed by atoms with Crippen LogP contribution in [0.2, 0.25) is 0 Å². The third-order valence-corrected chi connectivity index (χ3v) is 4.32. The highest BCUT2D eigenvalue weighted by Crippen LogP contribution is 2.28. The fourth-order valence-electron chi connectivity index (χ4n) is 2.99. The Balaban J connectivity index is 1.70. The second-order valence-corrected chi connectivity index (χ2v) is 5.69. The fourth-order valence-corrected chi connectivity index (χ4v) is 2.99. The second-order valence-electron chi connectivity index (χ2n) is 5.69. The van der Waals surface area contributed by atoms with Gasteiger partial charge in [0.2, 0.25) is 11.8 Å². The summed E-state index contributed by atoms with van der Waals surface area (Å²) in [4.78, 5) is 36.4. The Morgan fingerprint density at radius 1 is 1.00 bits per heavy atom. The summed E-state index contributed by atoms with van der Waals surface area (Å²) in [5.41, 5.74) is 0. The van der Waals surface area contributed by atoms with Crippen LogP contribution in [0.1, 0.15) is 38.5 Å². The summed E-state index contributed by atoms with van der Waals surface area (Å²) < 4.78 is 0. The molecule has 6 nitrogen and oxygen atoms in total. The van der Waals surface area contributed by atoms with Gasteiger partial charge < -0.3 is 15.3 Å². The van der Waals surface area contributed by atoms with E-state index in [1.807, 2.05) is 0 Å². The lowest BCUT2D eigenvalue weighted by atomic mass is 9.81. The Kier molecular flexibility index (Phi) is 4.98. The van der Waals surface area contributed by atoms with E-state index >= 15 is 0 Å². The van der Waals surface area contributed by atoms with E-state index in [0.29, 0.717) is 25.7 Å². The van der Waals surface area contributed by atoms with Crippen LogP contribution in [0.3, 0.4) is 0 Å². The van der Waals surface area contributed by atoms with Crippen LogP contribution in [0.25, 0.3) is 0 Å². The normalized spacial score (nSPS) is 26.3. The number of rotatable bonds is 4. The van der Waals surface area contributed by atoms with Crippen molar-refractivity contribution in [2.45, 2.75) is 38.5 Å². The maximum atomic E-state index is 12.0. The Hall–Kier alpha value is -1.59. The molecule has 0 aromatic rings. The van der Waals surface area contributed by atoms with Gasteiger partial charge in [-0.25, -0.2) is 0 Å². The number of carboxylic acids is 1. The summed E-state index contributed by atoms with van der Waals surface area (Å²) in [7, 11) is 0. The summed E-state index contributed by atoms with van der Waals surface area (Å²) in [5.74, 6) is -1.35. The summed E-state index contributed by atoms with van der Waals surface area (Å²) in [6.07, 6.45) is 4.38. The molecule has 0 atom stereocenters. The highest BCUT2D eigenvalue weighted by molar-refractivity contribution is 5.86. The van der Waals surface area contributed by atoms with Crippen molar-refractivity contribution in [3.8, 4) is 0 Å². The van der Waals surface area contributed by atoms with E-state index in [2.05, 4.69) is 5.32 Å². The maximum Gasteiger partial charge on any atom is 0.306 e. The molecule has 1 saturated heterocycles. The first kappa shape index (κ1) is 14.8. The van der Waals surface area contributed by atoms with Gasteiger partial charge in [0, 0.05) is 19.0 Å². The number of hydrogen-bond donors (Lipinski definition) is 2. The number of carbonyl (C=O) groups is 3. The van der Waals surface area contributed by atoms with Crippen molar-refractivity contribution in [3.05, 3.63) is 0 Å². The molecule has 112 valence electrons. The lowest BCUT2D eigenvalue weighted by Gasteiger charge is -2.25. The topological polar surface area (TPSA) is 86.7 Å². The van der Waals surface area contributed by atoms with E-state index in [1.165, 1.54) is 0 Å². The van der Waals surface area contributed by atoms with Gasteiger partial charge in [-0.15, -0.1) is 0 Å². The molecule has 2 aliphatic rings. The first-order chi connectivity index (χ1) is 9.58. The average molecular weight is 282 g/mol. The first-order valence-corrected chi connectivity index (χ1v) is 7.36. The van der Waals surface area contributed by atoms with Crippen LogP contribution in [0, 0.1) is 11.8 Å². The zero-order valence-electron chi connectivity index (χ0n) is 11.6. The maximum absolute atomic E-state index is 12.0. The molecule has 0 radical (unpaired) electrons. The second kappa shape index (κ2) is 6.72. The average Bonchev–Trinajstić information content (AvgIpc) is 2.98. The van der Waals surface area contributed by atoms with Crippen molar-refractivity contribution in [2.24, 2.45) is 11.8 Å². The van der Waals surface area contributed by atoms with Crippen molar-refractivity contribution in [2.75, 3.05) is 19.6 Å². The molecule has 0 aromatic carbocycles. The highest BCUT2D eigenvalue weighted by Gasteiger charge is 2.30. The molecule has 2 amide bonds. The molecule has 0 spiro atoms. The molecule has 0 bridgehead atoms. The molecular weight excluding hydrogens is 260 g/mol. The smallest absolute Gasteiger partial charge is 0.306 e. The molecule has 1 aliphatic carbocycles. The lowest BCUT2D eigenvalue weighted by Crippen LogP contribution is -2.41. The van der Waals surface area contributed by atoms with Crippen LogP contribution in [0.15, 0.2) is 0 Å². The van der Waals surface area contributed by atoms with Gasteiger partial charge in [0.05, 0.1) is 12.5 Å². The third-order valence-electron chi connectivity index (χ3n) is 4.32. The lowest BCUT2D eigenvalue weighted by molar-refractivity contribution is -0.144. The molecule has 2 fully saturated rings. The van der Waals surface area contributed by atoms with E-state index in [-0.39, 0.29) is 30.2 Å². The zero-order valence-corrected chi connectivity index (χ0v) is 11.6. The molecule has 1 saturated carbocycles. The van der Waals surface area contributed by atoms with Gasteiger partial charge in [0.15, 0.2) is 0 Å². The van der Waals surface area contributed by atoms with Crippen LogP contribution in [-0.2, 0) is 14.4 Å². The molecule has 2 rings (SSSR count). The van der Waals surface area contributed by atoms with Gasteiger partial charge in [0.25, 0.3) is 0 Å². The minimum Gasteiger partial charge on any atom is -0.481 e. The van der Waals surface area contributed by atoms with E-state index < -0.39 is 5.97 Å². The fraction of sp³-hybridized carbons (Fsp3) is 0.786. The van der Waals surface area contributed by atoms with E-state index in [4.69, 9.17) is 5.11 Å². The number of likely N-dealkylation sites (tertiary alicyclic amines) is 1. The number of carboxylic acid groups (broad SMARTS) is 1. The van der Waals surface area contributed by atoms with E-state index in [9.17, 15) is 14.4 Å². The highest BCUT2D eigenvalue weighted by atomic mass is 16.4. The Labute approximate surface area is 118 Å². The van der Waals surface area contributed by atoms with Crippen molar-refractivity contribution >= 4 is 17.8 Å². The van der Waals surface area contributed by atoms with Gasteiger partial charge in [-0.3, -0.25) is 14.4 Å². The predicted octanol–water partition coefficient (Wildman–Crippen LogP) is 0.616. The van der Waals surface area contributed by atoms with Crippen molar-refractivity contribution < 1.29 is 19.5 Å². The summed E-state index contributed by atoms with van der Waals surface area (Å²) in [6, 6.07) is 0. The first-order valence-electron chi connectivity index (χ1n) is 7.36. The van der Waals surface area contributed by atoms with Gasteiger partial charge in [-0.2, -0.15) is 0 Å². The van der Waals surface area contributed by atoms with Gasteiger partial charge in [0.1, 0.15) is 0 Å². The molecule has 0 aromatic heterocycles. The van der Waals surface area contributed by atoms with Gasteiger partial charge in [-0.05, 0) is 38.5 Å². The summed E-state index contributed by atoms with van der Waals surface area (Å²) in [6.45, 7) is 1.65. The molecule has 20 heavy (non-hydrogen) atoms. The monoisotopic (exact) mass is 282 g/mol. The number of amides is 2. The minimum absolute atomic E-state index is 0.0185. The van der Waals surface area contributed by atoms with E-state index in [1.54, 1.807) is 4.90 Å². The number of nitrogens with one attached hydrogen (secondary N) is 1. The third kappa shape index (κ3) is 3.71. The molecule has 2 N–H and O–H groups in total. The van der Waals surface area contributed by atoms with Crippen molar-refractivity contribution in [1.29, 1.82) is 0 Å². The summed E-state index contributed by atoms with van der Waals surface area (Å²) in [5, 5.41) is 11.6. The van der Waals surface area contributed by atoms with Crippen LogP contribution >= 0.6 is 0 Å². The standard InChI is InChI=1S/C14H22N2O4/c17-12(16-7-1-2-8-16)9-15-13(18)10-3-5-11(6-4-10)14(19)20/h10-11H,1-9H2,(H,15,18)(H,19,20). The molecule has 0 unspecified atom stereocenters. The number of nitrogens with zero attached hydrogens (tertiary/aromatic N) is 1. The van der Waals surface area contributed by atoms with Crippen LogP contribution in [-0.4, -0.2) is 47.4 Å². The molecule has 1 heterocycles. The van der Waals surface area contributed by atoms with Crippen LogP contribution < -0.4 is 5.32 Å². The SMILES string of the molecule is O=C(O)C1CCC(C(=O)NCC(=O)N2CCCC2)CC1. The zero-order chi connectivity index (χ0) is 14.5. The van der Waals surface area contributed by atoms with Gasteiger partial charge in [-0.1, -0.05) is 0 Å². The number of hydrogen-bond acceptors (Lipinski definition) is 3. The van der Waals surface area contributed by atoms with Crippen molar-refractivity contribution in [3.63, 3.8) is 0 Å². The summed E-state index contributed by atoms with van der Waals surface area (Å²) >= 11 is 0. The number of aliphatic carboxylic acids is 1. The predicted molar refractivity (Wildman–Crippen MR) is 71.9 cm³/mol. The van der Waals surface area contributed by atoms with Crippen LogP contribution in [0.5, 0.6) is 0 Å². The Morgan fingerprint density at radius 3 is 2.10 bits per heavy atom. The molecule has 6 heteroatoms. The quantitative estimate of drug-likeness (QED) is 0.791. The minimum atomic E-state index is -0.770. The van der Waals surface area contributed by atoms with Gasteiger partial charge >= 0.3 is 5.97 Å². The largest absolute Gasteiger partial charge is 0.481 e. The van der Waals surface area contributed by atoms with Crippen molar-refractivity contribution in [1.82, 2.24) is 10.2 Å². The van der Waals surface area contributed by atoms with E-state index in [0.717, 1.165) is 25.9 Å². The Morgan fingerprint density at radius 2 is 1.55 bits per heavy atom. The number of carbonyl (C=O) groups excluding carboxylic acids is 2. The molecular formula is C14H22N2O4. The van der Waals surface area contributed by atoms with Crippen LogP contribution in [0.4, 0.5) is 0 Å². The Bertz CT molecular complexity index is 383. The molecule has 1 aliphatic heterocycles.